The molecule has 0 heterocycles. The highest BCUT2D eigenvalue weighted by Crippen LogP contribution is 2.47. The standard InChI is InChI=1S/C41H42O5/c1-43-38-24-22-36(23-25-38)41(34-18-10-4-11-19-34,35-20-12-5-13-21-35)46-39-26-37(30-44-28-32-14-6-2-7-15-32)40(42,27-39)31-45-29-33-16-8-3-9-17-33/h2-25,37,39,42H,26-31H2,1H3/t37-,39-,40-/m1/s1. The van der Waals surface area contributed by atoms with Gasteiger partial charge < -0.3 is 24.1 Å². The molecule has 6 rings (SSSR count). The maximum absolute atomic E-state index is 12.3. The molecular weight excluding hydrogens is 572 g/mol. The van der Waals surface area contributed by atoms with E-state index in [9.17, 15) is 5.11 Å². The molecule has 1 N–H and O–H groups in total. The van der Waals surface area contributed by atoms with E-state index in [0.717, 1.165) is 33.6 Å². The Balaban J connectivity index is 1.31. The molecule has 5 aromatic rings. The highest BCUT2D eigenvalue weighted by molar-refractivity contribution is 5.48. The molecule has 0 bridgehead atoms. The molecule has 5 aromatic carbocycles. The predicted octanol–water partition coefficient (Wildman–Crippen LogP) is 7.95. The Kier molecular flexibility index (Phi) is 10.3. The summed E-state index contributed by atoms with van der Waals surface area (Å²) < 4.78 is 25.3. The Morgan fingerprint density at radius 2 is 1.11 bits per heavy atom. The number of rotatable bonds is 14. The molecule has 5 nitrogen and oxygen atoms in total. The van der Waals surface area contributed by atoms with Gasteiger partial charge in [0.1, 0.15) is 11.4 Å². The average Bonchev–Trinajstić information content (AvgIpc) is 3.43. The van der Waals surface area contributed by atoms with Crippen LogP contribution >= 0.6 is 0 Å². The first-order valence-electron chi connectivity index (χ1n) is 16.0. The van der Waals surface area contributed by atoms with Gasteiger partial charge in [0.15, 0.2) is 0 Å². The van der Waals surface area contributed by atoms with Gasteiger partial charge in [-0.2, -0.15) is 0 Å². The predicted molar refractivity (Wildman–Crippen MR) is 181 cm³/mol. The summed E-state index contributed by atoms with van der Waals surface area (Å²) in [5.74, 6) is 0.595. The van der Waals surface area contributed by atoms with Crippen molar-refractivity contribution in [2.75, 3.05) is 20.3 Å². The summed E-state index contributed by atoms with van der Waals surface area (Å²) in [6.45, 7) is 1.49. The van der Waals surface area contributed by atoms with Gasteiger partial charge in [-0.1, -0.05) is 133 Å². The van der Waals surface area contributed by atoms with Crippen LogP contribution in [0.2, 0.25) is 0 Å². The van der Waals surface area contributed by atoms with Crippen LogP contribution in [0.25, 0.3) is 0 Å². The van der Waals surface area contributed by atoms with Gasteiger partial charge >= 0.3 is 0 Å². The summed E-state index contributed by atoms with van der Waals surface area (Å²) in [5, 5.41) is 12.3. The largest absolute Gasteiger partial charge is 0.497 e. The molecule has 46 heavy (non-hydrogen) atoms. The van der Waals surface area contributed by atoms with Crippen molar-refractivity contribution in [3.05, 3.63) is 173 Å². The number of hydrogen-bond acceptors (Lipinski definition) is 5. The molecule has 0 saturated heterocycles. The lowest BCUT2D eigenvalue weighted by Crippen LogP contribution is -2.41. The first-order chi connectivity index (χ1) is 22.6. The molecule has 1 aliphatic carbocycles. The minimum atomic E-state index is -1.13. The lowest BCUT2D eigenvalue weighted by atomic mass is 9.79. The number of ether oxygens (including phenoxy) is 4. The van der Waals surface area contributed by atoms with Crippen molar-refractivity contribution < 1.29 is 24.1 Å². The van der Waals surface area contributed by atoms with Gasteiger partial charge in [-0.15, -0.1) is 0 Å². The second-order valence-electron chi connectivity index (χ2n) is 12.1. The second-order valence-corrected chi connectivity index (χ2v) is 12.1. The van der Waals surface area contributed by atoms with E-state index in [0.29, 0.717) is 32.7 Å². The van der Waals surface area contributed by atoms with Gasteiger partial charge in [0.25, 0.3) is 0 Å². The Labute approximate surface area is 272 Å². The number of hydrogen-bond donors (Lipinski definition) is 1. The van der Waals surface area contributed by atoms with Crippen LogP contribution in [-0.4, -0.2) is 37.1 Å². The third-order valence-corrected chi connectivity index (χ3v) is 8.98. The smallest absolute Gasteiger partial charge is 0.144 e. The highest BCUT2D eigenvalue weighted by Gasteiger charge is 2.50. The molecule has 0 spiro atoms. The molecule has 0 unspecified atom stereocenters. The second kappa shape index (κ2) is 14.9. The maximum Gasteiger partial charge on any atom is 0.144 e. The van der Waals surface area contributed by atoms with Crippen LogP contribution in [0.3, 0.4) is 0 Å². The van der Waals surface area contributed by atoms with Crippen molar-refractivity contribution in [3.63, 3.8) is 0 Å². The van der Waals surface area contributed by atoms with Crippen LogP contribution in [0, 0.1) is 5.92 Å². The van der Waals surface area contributed by atoms with Crippen molar-refractivity contribution >= 4 is 0 Å². The summed E-state index contributed by atoms with van der Waals surface area (Å²) >= 11 is 0. The van der Waals surface area contributed by atoms with Gasteiger partial charge in [0, 0.05) is 12.3 Å². The van der Waals surface area contributed by atoms with Crippen LogP contribution in [0.15, 0.2) is 146 Å². The van der Waals surface area contributed by atoms with Gasteiger partial charge in [0.05, 0.1) is 45.2 Å². The third kappa shape index (κ3) is 7.24. The fourth-order valence-electron chi connectivity index (χ4n) is 6.61. The molecule has 236 valence electrons. The zero-order valence-corrected chi connectivity index (χ0v) is 26.3. The number of benzene rings is 5. The first kappa shape index (κ1) is 31.7. The van der Waals surface area contributed by atoms with E-state index < -0.39 is 11.2 Å². The minimum Gasteiger partial charge on any atom is -0.497 e. The van der Waals surface area contributed by atoms with E-state index in [1.54, 1.807) is 7.11 Å². The Morgan fingerprint density at radius 1 is 0.630 bits per heavy atom. The molecule has 5 heteroatoms. The van der Waals surface area contributed by atoms with Crippen molar-refractivity contribution in [2.24, 2.45) is 5.92 Å². The summed E-state index contributed by atoms with van der Waals surface area (Å²) in [6.07, 6.45) is 0.759. The average molecular weight is 615 g/mol. The van der Waals surface area contributed by atoms with E-state index in [1.165, 1.54) is 0 Å². The number of aliphatic hydroxyl groups is 1. The fourth-order valence-corrected chi connectivity index (χ4v) is 6.61. The van der Waals surface area contributed by atoms with Crippen LogP contribution in [0.4, 0.5) is 0 Å². The molecule has 0 radical (unpaired) electrons. The molecule has 0 amide bonds. The zero-order valence-electron chi connectivity index (χ0n) is 26.3. The fraction of sp³-hybridized carbons (Fsp3) is 0.268. The van der Waals surface area contributed by atoms with E-state index in [2.05, 4.69) is 48.5 Å². The highest BCUT2D eigenvalue weighted by atomic mass is 16.5. The molecular formula is C41H42O5. The first-order valence-corrected chi connectivity index (χ1v) is 16.0. The summed E-state index contributed by atoms with van der Waals surface area (Å²) in [6, 6.07) is 49.0. The molecule has 0 aliphatic heterocycles. The van der Waals surface area contributed by atoms with E-state index in [1.807, 2.05) is 97.1 Å². The van der Waals surface area contributed by atoms with E-state index in [4.69, 9.17) is 18.9 Å². The molecule has 3 atom stereocenters. The lowest BCUT2D eigenvalue weighted by Gasteiger charge is -2.38. The molecule has 1 aliphatic rings. The van der Waals surface area contributed by atoms with Crippen LogP contribution < -0.4 is 4.74 Å². The Hall–Kier alpha value is -4.26. The topological polar surface area (TPSA) is 57.2 Å². The van der Waals surface area contributed by atoms with Crippen LogP contribution in [0.5, 0.6) is 5.75 Å². The van der Waals surface area contributed by atoms with Gasteiger partial charge in [-0.3, -0.25) is 0 Å². The summed E-state index contributed by atoms with van der Waals surface area (Å²) in [5.41, 5.74) is 3.13. The van der Waals surface area contributed by atoms with Crippen molar-refractivity contribution in [1.29, 1.82) is 0 Å². The van der Waals surface area contributed by atoms with Gasteiger partial charge in [-0.25, -0.2) is 0 Å². The Morgan fingerprint density at radius 3 is 1.63 bits per heavy atom. The van der Waals surface area contributed by atoms with E-state index >= 15 is 0 Å². The van der Waals surface area contributed by atoms with Gasteiger partial charge in [-0.05, 0) is 46.4 Å². The van der Waals surface area contributed by atoms with Gasteiger partial charge in [0.2, 0.25) is 0 Å². The monoisotopic (exact) mass is 614 g/mol. The lowest BCUT2D eigenvalue weighted by molar-refractivity contribution is -0.102. The minimum absolute atomic E-state index is 0.183. The molecule has 1 fully saturated rings. The van der Waals surface area contributed by atoms with Crippen molar-refractivity contribution in [2.45, 2.75) is 43.4 Å². The summed E-state index contributed by atoms with van der Waals surface area (Å²) in [4.78, 5) is 0. The zero-order chi connectivity index (χ0) is 31.7. The van der Waals surface area contributed by atoms with Crippen molar-refractivity contribution in [1.82, 2.24) is 0 Å². The van der Waals surface area contributed by atoms with Crippen LogP contribution in [-0.2, 0) is 33.0 Å². The van der Waals surface area contributed by atoms with Crippen molar-refractivity contribution in [3.8, 4) is 5.75 Å². The Bertz CT molecular complexity index is 1570. The third-order valence-electron chi connectivity index (χ3n) is 8.98. The quantitative estimate of drug-likeness (QED) is 0.129. The van der Waals surface area contributed by atoms with E-state index in [-0.39, 0.29) is 18.6 Å². The normalized spacial score (nSPS) is 19.6. The molecule has 1 saturated carbocycles. The summed E-state index contributed by atoms with van der Waals surface area (Å²) in [7, 11) is 1.67. The molecule has 0 aromatic heterocycles. The number of methoxy groups -OCH3 is 1. The maximum atomic E-state index is 12.3. The SMILES string of the molecule is COc1ccc(C(O[C@@H]2C[C@H](COCc3ccccc3)[C@](O)(COCc3ccccc3)C2)(c2ccccc2)c2ccccc2)cc1. The van der Waals surface area contributed by atoms with Crippen LogP contribution in [0.1, 0.15) is 40.7 Å².